The van der Waals surface area contributed by atoms with E-state index in [1.165, 1.54) is 6.33 Å². The number of anilines is 3. The lowest BCUT2D eigenvalue weighted by Crippen LogP contribution is -2.15. The summed E-state index contributed by atoms with van der Waals surface area (Å²) in [5.41, 5.74) is 6.50. The molecule has 0 spiro atoms. The molecule has 6 heteroatoms. The van der Waals surface area contributed by atoms with Gasteiger partial charge in [-0.05, 0) is 12.1 Å². The van der Waals surface area contributed by atoms with Crippen LogP contribution >= 0.6 is 0 Å². The van der Waals surface area contributed by atoms with Crippen LogP contribution in [0.1, 0.15) is 5.76 Å². The molecule has 6 nitrogen and oxygen atoms in total. The molecule has 90 valence electrons. The standard InChI is InChI=1S/C11H15N5O/c1-16(2)11-9(12)10(14-7-15-11)13-6-8-4-3-5-17-8/h3-5,7H,6,12H2,1-2H3,(H,13,14,15). The fourth-order valence-electron chi connectivity index (χ4n) is 1.47. The highest BCUT2D eigenvalue weighted by atomic mass is 16.3. The third-order valence-corrected chi connectivity index (χ3v) is 2.30. The summed E-state index contributed by atoms with van der Waals surface area (Å²) in [4.78, 5) is 10.1. The highest BCUT2D eigenvalue weighted by molar-refractivity contribution is 5.74. The van der Waals surface area contributed by atoms with Gasteiger partial charge in [-0.25, -0.2) is 9.97 Å². The van der Waals surface area contributed by atoms with Crippen molar-refractivity contribution in [3.05, 3.63) is 30.5 Å². The van der Waals surface area contributed by atoms with Crippen molar-refractivity contribution in [3.8, 4) is 0 Å². The average molecular weight is 233 g/mol. The highest BCUT2D eigenvalue weighted by Crippen LogP contribution is 2.24. The van der Waals surface area contributed by atoms with Crippen LogP contribution in [0.25, 0.3) is 0 Å². The third-order valence-electron chi connectivity index (χ3n) is 2.30. The second kappa shape index (κ2) is 4.73. The maximum atomic E-state index is 5.96. The number of hydrogen-bond donors (Lipinski definition) is 2. The van der Waals surface area contributed by atoms with Gasteiger partial charge in [-0.3, -0.25) is 0 Å². The molecule has 0 amide bonds. The molecule has 0 aliphatic heterocycles. The Morgan fingerprint density at radius 2 is 2.24 bits per heavy atom. The number of nitrogens with zero attached hydrogens (tertiary/aromatic N) is 3. The summed E-state index contributed by atoms with van der Waals surface area (Å²) in [7, 11) is 3.77. The number of aromatic nitrogens is 2. The van der Waals surface area contributed by atoms with Crippen LogP contribution in [-0.4, -0.2) is 24.1 Å². The van der Waals surface area contributed by atoms with E-state index < -0.39 is 0 Å². The first-order chi connectivity index (χ1) is 8.18. The first kappa shape index (κ1) is 11.3. The van der Waals surface area contributed by atoms with Crippen molar-refractivity contribution < 1.29 is 4.42 Å². The largest absolute Gasteiger partial charge is 0.467 e. The maximum absolute atomic E-state index is 5.96. The van der Waals surface area contributed by atoms with E-state index in [2.05, 4.69) is 15.3 Å². The van der Waals surface area contributed by atoms with Crippen molar-refractivity contribution in [2.45, 2.75) is 6.54 Å². The Bertz CT molecular complexity index is 481. The highest BCUT2D eigenvalue weighted by Gasteiger charge is 2.09. The fourth-order valence-corrected chi connectivity index (χ4v) is 1.47. The lowest BCUT2D eigenvalue weighted by Gasteiger charge is -2.15. The first-order valence-electron chi connectivity index (χ1n) is 5.22. The lowest BCUT2D eigenvalue weighted by molar-refractivity contribution is 0.518. The van der Waals surface area contributed by atoms with Crippen molar-refractivity contribution in [1.82, 2.24) is 9.97 Å². The van der Waals surface area contributed by atoms with Crippen molar-refractivity contribution in [2.75, 3.05) is 30.0 Å². The smallest absolute Gasteiger partial charge is 0.156 e. The number of nitrogens with two attached hydrogens (primary N) is 1. The number of hydrogen-bond acceptors (Lipinski definition) is 6. The van der Waals surface area contributed by atoms with E-state index >= 15 is 0 Å². The van der Waals surface area contributed by atoms with Gasteiger partial charge in [0.15, 0.2) is 11.6 Å². The zero-order valence-electron chi connectivity index (χ0n) is 9.84. The number of furan rings is 1. The van der Waals surface area contributed by atoms with Crippen LogP contribution in [0.3, 0.4) is 0 Å². The van der Waals surface area contributed by atoms with E-state index in [0.717, 1.165) is 5.76 Å². The summed E-state index contributed by atoms with van der Waals surface area (Å²) in [6, 6.07) is 3.73. The molecule has 0 unspecified atom stereocenters. The van der Waals surface area contributed by atoms with E-state index in [0.29, 0.717) is 23.9 Å². The molecule has 0 aliphatic carbocycles. The molecule has 2 aromatic heterocycles. The number of nitrogens with one attached hydrogen (secondary N) is 1. The Morgan fingerprint density at radius 3 is 2.88 bits per heavy atom. The molecule has 0 saturated heterocycles. The molecule has 17 heavy (non-hydrogen) atoms. The normalized spacial score (nSPS) is 10.2. The second-order valence-corrected chi connectivity index (χ2v) is 3.79. The van der Waals surface area contributed by atoms with Gasteiger partial charge in [0, 0.05) is 14.1 Å². The van der Waals surface area contributed by atoms with Crippen LogP contribution in [-0.2, 0) is 6.54 Å². The summed E-state index contributed by atoms with van der Waals surface area (Å²) < 4.78 is 5.22. The van der Waals surface area contributed by atoms with Crippen molar-refractivity contribution >= 4 is 17.3 Å². The molecule has 2 rings (SSSR count). The zero-order valence-corrected chi connectivity index (χ0v) is 9.84. The van der Waals surface area contributed by atoms with Crippen LogP contribution in [0.15, 0.2) is 29.1 Å². The van der Waals surface area contributed by atoms with Crippen LogP contribution < -0.4 is 16.0 Å². The van der Waals surface area contributed by atoms with Gasteiger partial charge in [-0.15, -0.1) is 0 Å². The Balaban J connectivity index is 2.13. The monoisotopic (exact) mass is 233 g/mol. The van der Waals surface area contributed by atoms with Gasteiger partial charge < -0.3 is 20.4 Å². The van der Waals surface area contributed by atoms with E-state index in [9.17, 15) is 0 Å². The SMILES string of the molecule is CN(C)c1ncnc(NCc2ccco2)c1N. The van der Waals surface area contributed by atoms with Crippen molar-refractivity contribution in [3.63, 3.8) is 0 Å². The van der Waals surface area contributed by atoms with Gasteiger partial charge in [-0.1, -0.05) is 0 Å². The Hall–Kier alpha value is -2.24. The fraction of sp³-hybridized carbons (Fsp3) is 0.273. The maximum Gasteiger partial charge on any atom is 0.156 e. The molecule has 0 saturated carbocycles. The van der Waals surface area contributed by atoms with Crippen molar-refractivity contribution in [2.24, 2.45) is 0 Å². The van der Waals surface area contributed by atoms with Gasteiger partial charge in [0.1, 0.15) is 17.8 Å². The minimum Gasteiger partial charge on any atom is -0.467 e. The van der Waals surface area contributed by atoms with Crippen LogP contribution in [0, 0.1) is 0 Å². The second-order valence-electron chi connectivity index (χ2n) is 3.79. The van der Waals surface area contributed by atoms with Gasteiger partial charge in [0.05, 0.1) is 12.8 Å². The third kappa shape index (κ3) is 2.47. The lowest BCUT2D eigenvalue weighted by atomic mass is 10.4. The summed E-state index contributed by atoms with van der Waals surface area (Å²) >= 11 is 0. The molecule has 0 radical (unpaired) electrons. The predicted octanol–water partition coefficient (Wildman–Crippen LogP) is 1.33. The molecule has 0 bridgehead atoms. The van der Waals surface area contributed by atoms with Gasteiger partial charge in [0.2, 0.25) is 0 Å². The van der Waals surface area contributed by atoms with E-state index in [-0.39, 0.29) is 0 Å². The Labute approximate surface area is 99.5 Å². The molecule has 0 aromatic carbocycles. The molecule has 0 atom stereocenters. The predicted molar refractivity (Wildman–Crippen MR) is 66.8 cm³/mol. The van der Waals surface area contributed by atoms with Gasteiger partial charge in [0.25, 0.3) is 0 Å². The van der Waals surface area contributed by atoms with Crippen LogP contribution in [0.5, 0.6) is 0 Å². The summed E-state index contributed by atoms with van der Waals surface area (Å²) in [5.74, 6) is 2.14. The molecule has 0 fully saturated rings. The minimum atomic E-state index is 0.532. The molecule has 3 N–H and O–H groups in total. The molecule has 2 heterocycles. The summed E-state index contributed by atoms with van der Waals surface area (Å²) in [6.07, 6.45) is 3.11. The van der Waals surface area contributed by atoms with Crippen LogP contribution in [0.2, 0.25) is 0 Å². The molecular weight excluding hydrogens is 218 g/mol. The number of rotatable bonds is 4. The topological polar surface area (TPSA) is 80.2 Å². The van der Waals surface area contributed by atoms with E-state index in [1.807, 2.05) is 31.1 Å². The summed E-state index contributed by atoms with van der Waals surface area (Å²) in [6.45, 7) is 0.543. The molecule has 0 aliphatic rings. The molecular formula is C11H15N5O. The average Bonchev–Trinajstić information content (AvgIpc) is 2.80. The van der Waals surface area contributed by atoms with E-state index in [1.54, 1.807) is 6.26 Å². The Morgan fingerprint density at radius 1 is 1.41 bits per heavy atom. The first-order valence-corrected chi connectivity index (χ1v) is 5.22. The van der Waals surface area contributed by atoms with Gasteiger partial charge >= 0.3 is 0 Å². The quantitative estimate of drug-likeness (QED) is 0.829. The minimum absolute atomic E-state index is 0.532. The molecule has 2 aromatic rings. The Kier molecular flexibility index (Phi) is 3.13. The van der Waals surface area contributed by atoms with E-state index in [4.69, 9.17) is 10.2 Å². The zero-order chi connectivity index (χ0) is 12.3. The van der Waals surface area contributed by atoms with Gasteiger partial charge in [-0.2, -0.15) is 0 Å². The number of nitrogen functional groups attached to an aromatic ring is 1. The van der Waals surface area contributed by atoms with Crippen molar-refractivity contribution in [1.29, 1.82) is 0 Å². The van der Waals surface area contributed by atoms with Crippen LogP contribution in [0.4, 0.5) is 17.3 Å². The summed E-state index contributed by atoms with van der Waals surface area (Å²) in [5, 5.41) is 3.11.